The highest BCUT2D eigenvalue weighted by molar-refractivity contribution is 8.67. The van der Waals surface area contributed by atoms with Crippen molar-refractivity contribution in [3.8, 4) is 0 Å². The van der Waals surface area contributed by atoms with Gasteiger partial charge in [-0.15, -0.1) is 0 Å². The second-order valence-electron chi connectivity index (χ2n) is 2.07. The van der Waals surface area contributed by atoms with E-state index in [0.29, 0.717) is 6.04 Å². The zero-order valence-electron chi connectivity index (χ0n) is 6.29. The van der Waals surface area contributed by atoms with E-state index in [1.165, 1.54) is 17.4 Å². The molecule has 0 amide bonds. The molecule has 0 aromatic carbocycles. The smallest absolute Gasteiger partial charge is 0.0179 e. The molecule has 56 valence electrons. The maximum absolute atomic E-state index is 4.13. The van der Waals surface area contributed by atoms with Crippen molar-refractivity contribution in [3.63, 3.8) is 0 Å². The van der Waals surface area contributed by atoms with Gasteiger partial charge in [-0.2, -0.15) is 0 Å². The molecule has 0 aliphatic carbocycles. The molecule has 0 bridgehead atoms. The first-order chi connectivity index (χ1) is 4.26. The van der Waals surface area contributed by atoms with Gasteiger partial charge in [-0.1, -0.05) is 25.5 Å². The SMILES string of the molecule is CCC(C)N(CC)SS. The van der Waals surface area contributed by atoms with Crippen LogP contribution < -0.4 is 0 Å². The molecule has 0 saturated carbocycles. The molecule has 0 aromatic rings. The van der Waals surface area contributed by atoms with Crippen LogP contribution >= 0.6 is 22.6 Å². The summed E-state index contributed by atoms with van der Waals surface area (Å²) in [6.07, 6.45) is 1.20. The molecular formula is C6H15NS2. The van der Waals surface area contributed by atoms with Crippen LogP contribution in [0.5, 0.6) is 0 Å². The molecule has 0 saturated heterocycles. The van der Waals surface area contributed by atoms with Crippen molar-refractivity contribution >= 4 is 22.6 Å². The zero-order valence-corrected chi connectivity index (χ0v) is 8.01. The van der Waals surface area contributed by atoms with Crippen molar-refractivity contribution in [2.75, 3.05) is 6.54 Å². The summed E-state index contributed by atoms with van der Waals surface area (Å²) < 4.78 is 2.25. The van der Waals surface area contributed by atoms with Gasteiger partial charge in [0, 0.05) is 12.6 Å². The summed E-state index contributed by atoms with van der Waals surface area (Å²) in [4.78, 5) is 0. The quantitative estimate of drug-likeness (QED) is 0.387. The molecule has 0 aliphatic heterocycles. The van der Waals surface area contributed by atoms with E-state index in [2.05, 4.69) is 36.7 Å². The Bertz CT molecular complexity index is 64.1. The summed E-state index contributed by atoms with van der Waals surface area (Å²) in [5.74, 6) is 0. The second-order valence-corrected chi connectivity index (χ2v) is 3.19. The Morgan fingerprint density at radius 3 is 2.22 bits per heavy atom. The average molecular weight is 165 g/mol. The van der Waals surface area contributed by atoms with Crippen molar-refractivity contribution in [1.29, 1.82) is 0 Å². The molecule has 3 heteroatoms. The van der Waals surface area contributed by atoms with E-state index in [1.807, 2.05) is 0 Å². The van der Waals surface area contributed by atoms with Crippen LogP contribution in [-0.4, -0.2) is 16.9 Å². The summed E-state index contributed by atoms with van der Waals surface area (Å²) in [6.45, 7) is 7.63. The van der Waals surface area contributed by atoms with Gasteiger partial charge in [0.2, 0.25) is 0 Å². The van der Waals surface area contributed by atoms with Crippen molar-refractivity contribution in [2.24, 2.45) is 0 Å². The third kappa shape index (κ3) is 3.38. The fourth-order valence-corrected chi connectivity index (χ4v) is 1.91. The predicted octanol–water partition coefficient (Wildman–Crippen LogP) is 2.60. The van der Waals surface area contributed by atoms with Crippen LogP contribution in [0.15, 0.2) is 0 Å². The molecule has 0 aromatic heterocycles. The maximum Gasteiger partial charge on any atom is 0.0179 e. The van der Waals surface area contributed by atoms with Crippen molar-refractivity contribution < 1.29 is 0 Å². The average Bonchev–Trinajstić information content (AvgIpc) is 1.90. The number of hydrogen-bond donors (Lipinski definition) is 1. The van der Waals surface area contributed by atoms with Gasteiger partial charge in [-0.25, -0.2) is 4.31 Å². The summed E-state index contributed by atoms with van der Waals surface area (Å²) in [7, 11) is 1.53. The van der Waals surface area contributed by atoms with Gasteiger partial charge in [-0.3, -0.25) is 0 Å². The fraction of sp³-hybridized carbons (Fsp3) is 1.00. The molecular weight excluding hydrogens is 150 g/mol. The van der Waals surface area contributed by atoms with Crippen LogP contribution in [0.2, 0.25) is 0 Å². The van der Waals surface area contributed by atoms with Gasteiger partial charge < -0.3 is 0 Å². The van der Waals surface area contributed by atoms with E-state index < -0.39 is 0 Å². The van der Waals surface area contributed by atoms with E-state index in [1.54, 1.807) is 0 Å². The first-order valence-electron chi connectivity index (χ1n) is 3.34. The Hall–Kier alpha value is 0.660. The largest absolute Gasteiger partial charge is 0.239 e. The number of hydrogen-bond acceptors (Lipinski definition) is 3. The minimum atomic E-state index is 0.650. The van der Waals surface area contributed by atoms with Gasteiger partial charge in [-0.05, 0) is 24.3 Å². The lowest BCUT2D eigenvalue weighted by molar-refractivity contribution is 0.384. The van der Waals surface area contributed by atoms with Crippen LogP contribution in [0.1, 0.15) is 27.2 Å². The Labute approximate surface area is 67.1 Å². The third-order valence-corrected chi connectivity index (χ3v) is 2.96. The van der Waals surface area contributed by atoms with Crippen LogP contribution in [-0.2, 0) is 0 Å². The Morgan fingerprint density at radius 1 is 1.56 bits per heavy atom. The van der Waals surface area contributed by atoms with Gasteiger partial charge in [0.25, 0.3) is 0 Å². The summed E-state index contributed by atoms with van der Waals surface area (Å²) in [5.41, 5.74) is 0. The topological polar surface area (TPSA) is 3.24 Å². The summed E-state index contributed by atoms with van der Waals surface area (Å²) in [5, 5.41) is 0. The molecule has 1 atom stereocenters. The van der Waals surface area contributed by atoms with Crippen molar-refractivity contribution in [3.05, 3.63) is 0 Å². The van der Waals surface area contributed by atoms with E-state index in [-0.39, 0.29) is 0 Å². The summed E-state index contributed by atoms with van der Waals surface area (Å²) >= 11 is 4.13. The van der Waals surface area contributed by atoms with Gasteiger partial charge >= 0.3 is 0 Å². The predicted molar refractivity (Wildman–Crippen MR) is 48.7 cm³/mol. The molecule has 0 spiro atoms. The standard InChI is InChI=1S/C6H15NS2/c1-4-6(3)7(5-2)9-8/h6,8H,4-5H2,1-3H3. The lowest BCUT2D eigenvalue weighted by Crippen LogP contribution is -2.24. The number of thiol groups is 1. The highest BCUT2D eigenvalue weighted by Crippen LogP contribution is 2.18. The molecule has 1 nitrogen and oxygen atoms in total. The lowest BCUT2D eigenvalue weighted by Gasteiger charge is -2.22. The van der Waals surface area contributed by atoms with E-state index in [0.717, 1.165) is 6.54 Å². The molecule has 0 fully saturated rings. The second kappa shape index (κ2) is 5.45. The van der Waals surface area contributed by atoms with Crippen LogP contribution in [0.3, 0.4) is 0 Å². The highest BCUT2D eigenvalue weighted by Gasteiger charge is 2.07. The van der Waals surface area contributed by atoms with Gasteiger partial charge in [0.05, 0.1) is 0 Å². The van der Waals surface area contributed by atoms with E-state index in [9.17, 15) is 0 Å². The Balaban J connectivity index is 3.50. The molecule has 0 N–H and O–H groups in total. The van der Waals surface area contributed by atoms with Crippen LogP contribution in [0.25, 0.3) is 0 Å². The fourth-order valence-electron chi connectivity index (χ4n) is 0.654. The Morgan fingerprint density at radius 2 is 2.11 bits per heavy atom. The minimum absolute atomic E-state index is 0.650. The number of nitrogens with zero attached hydrogens (tertiary/aromatic N) is 1. The van der Waals surface area contributed by atoms with Crippen LogP contribution in [0.4, 0.5) is 0 Å². The number of rotatable bonds is 4. The molecule has 9 heavy (non-hydrogen) atoms. The molecule has 0 rings (SSSR count). The van der Waals surface area contributed by atoms with Crippen molar-refractivity contribution in [2.45, 2.75) is 33.2 Å². The summed E-state index contributed by atoms with van der Waals surface area (Å²) in [6, 6.07) is 0.650. The first kappa shape index (κ1) is 9.66. The van der Waals surface area contributed by atoms with E-state index >= 15 is 0 Å². The minimum Gasteiger partial charge on any atom is -0.239 e. The van der Waals surface area contributed by atoms with E-state index in [4.69, 9.17) is 0 Å². The first-order valence-corrected chi connectivity index (χ1v) is 5.17. The van der Waals surface area contributed by atoms with Crippen molar-refractivity contribution in [1.82, 2.24) is 4.31 Å². The zero-order chi connectivity index (χ0) is 7.28. The monoisotopic (exact) mass is 165 g/mol. The third-order valence-electron chi connectivity index (χ3n) is 1.50. The lowest BCUT2D eigenvalue weighted by atomic mass is 10.3. The van der Waals surface area contributed by atoms with Gasteiger partial charge in [0.1, 0.15) is 0 Å². The molecule has 0 heterocycles. The van der Waals surface area contributed by atoms with Crippen LogP contribution in [0, 0.1) is 0 Å². The highest BCUT2D eigenvalue weighted by atomic mass is 33.1. The Kier molecular flexibility index (Phi) is 5.84. The molecule has 0 radical (unpaired) electrons. The maximum atomic E-state index is 4.13. The molecule has 0 aliphatic rings. The molecule has 1 unspecified atom stereocenters. The normalized spacial score (nSPS) is 14.3. The van der Waals surface area contributed by atoms with Gasteiger partial charge in [0.15, 0.2) is 0 Å².